The van der Waals surface area contributed by atoms with Gasteiger partial charge in [0, 0.05) is 34.7 Å². The number of pyridine rings is 1. The molecule has 4 nitrogen and oxygen atoms in total. The molecule has 1 N–H and O–H groups in total. The molecule has 2 aromatic heterocycles. The summed E-state index contributed by atoms with van der Waals surface area (Å²) in [6.07, 6.45) is 7.76. The fraction of sp³-hybridized carbons (Fsp3) is 0.333. The summed E-state index contributed by atoms with van der Waals surface area (Å²) in [7, 11) is 0. The number of rotatable bonds is 3. The maximum Gasteiger partial charge on any atom is 0.242 e. The molecule has 2 aromatic rings. The van der Waals surface area contributed by atoms with E-state index < -0.39 is 0 Å². The van der Waals surface area contributed by atoms with E-state index in [4.69, 9.17) is 0 Å². The summed E-state index contributed by atoms with van der Waals surface area (Å²) in [5.74, 6) is 0.525. The van der Waals surface area contributed by atoms with Gasteiger partial charge in [0.2, 0.25) is 11.9 Å². The maximum absolute atomic E-state index is 9.82. The SMILES string of the molecule is O[n+]1cccc(Cn2cccn2)c1C1CC1. The molecule has 4 heteroatoms. The molecule has 0 bridgehead atoms. The van der Waals surface area contributed by atoms with Gasteiger partial charge in [-0.2, -0.15) is 5.10 Å². The van der Waals surface area contributed by atoms with Crippen molar-refractivity contribution >= 4 is 0 Å². The Hall–Kier alpha value is -1.84. The molecule has 1 saturated carbocycles. The lowest BCUT2D eigenvalue weighted by atomic mass is 10.1. The molecule has 82 valence electrons. The molecule has 0 atom stereocenters. The summed E-state index contributed by atoms with van der Waals surface area (Å²) >= 11 is 0. The van der Waals surface area contributed by atoms with E-state index >= 15 is 0 Å². The first-order chi connectivity index (χ1) is 7.84. The second-order valence-corrected chi connectivity index (χ2v) is 4.24. The number of hydrogen-bond donors (Lipinski definition) is 1. The normalized spacial score (nSPS) is 15.2. The van der Waals surface area contributed by atoms with E-state index in [-0.39, 0.29) is 0 Å². The Kier molecular flexibility index (Phi) is 2.13. The molecule has 0 radical (unpaired) electrons. The smallest absolute Gasteiger partial charge is 0.242 e. The molecule has 1 fully saturated rings. The van der Waals surface area contributed by atoms with Crippen molar-refractivity contribution in [2.24, 2.45) is 0 Å². The van der Waals surface area contributed by atoms with Gasteiger partial charge in [0.1, 0.15) is 0 Å². The molecule has 3 rings (SSSR count). The Labute approximate surface area is 93.7 Å². The lowest BCUT2D eigenvalue weighted by Gasteiger charge is -2.04. The van der Waals surface area contributed by atoms with Gasteiger partial charge in [0.25, 0.3) is 0 Å². The molecule has 1 aliphatic rings. The molecule has 1 aliphatic carbocycles. The number of nitrogens with zero attached hydrogens (tertiary/aromatic N) is 3. The zero-order valence-electron chi connectivity index (χ0n) is 8.95. The highest BCUT2D eigenvalue weighted by Crippen LogP contribution is 2.39. The molecule has 0 spiro atoms. The van der Waals surface area contributed by atoms with Crippen LogP contribution in [0.5, 0.6) is 0 Å². The van der Waals surface area contributed by atoms with E-state index in [0.717, 1.165) is 17.8 Å². The highest BCUT2D eigenvalue weighted by Gasteiger charge is 2.35. The van der Waals surface area contributed by atoms with Crippen LogP contribution in [0.2, 0.25) is 0 Å². The van der Waals surface area contributed by atoms with Crippen LogP contribution in [-0.2, 0) is 6.54 Å². The lowest BCUT2D eigenvalue weighted by molar-refractivity contribution is -0.910. The van der Waals surface area contributed by atoms with E-state index in [1.165, 1.54) is 17.6 Å². The highest BCUT2D eigenvalue weighted by molar-refractivity contribution is 5.22. The zero-order chi connectivity index (χ0) is 11.0. The van der Waals surface area contributed by atoms with Crippen molar-refractivity contribution < 1.29 is 9.94 Å². The van der Waals surface area contributed by atoms with Gasteiger partial charge in [-0.1, -0.05) is 0 Å². The van der Waals surface area contributed by atoms with Gasteiger partial charge in [-0.25, -0.2) is 0 Å². The second-order valence-electron chi connectivity index (χ2n) is 4.24. The van der Waals surface area contributed by atoms with Crippen LogP contribution in [0, 0.1) is 0 Å². The van der Waals surface area contributed by atoms with E-state index in [1.54, 1.807) is 12.4 Å². The van der Waals surface area contributed by atoms with Crippen LogP contribution in [-0.4, -0.2) is 15.0 Å². The van der Waals surface area contributed by atoms with E-state index in [2.05, 4.69) is 11.2 Å². The Morgan fingerprint density at radius 1 is 1.44 bits per heavy atom. The first-order valence-electron chi connectivity index (χ1n) is 5.55. The quantitative estimate of drug-likeness (QED) is 0.621. The molecule has 0 unspecified atom stereocenters. The second kappa shape index (κ2) is 3.63. The summed E-state index contributed by atoms with van der Waals surface area (Å²) in [6, 6.07) is 5.83. The molecular formula is C12H14N3O+. The van der Waals surface area contributed by atoms with E-state index in [1.807, 2.05) is 23.0 Å². The highest BCUT2D eigenvalue weighted by atomic mass is 16.5. The van der Waals surface area contributed by atoms with Gasteiger partial charge in [-0.15, -0.1) is 0 Å². The Balaban J connectivity index is 1.96. The van der Waals surface area contributed by atoms with Crippen LogP contribution < -0.4 is 4.73 Å². The van der Waals surface area contributed by atoms with Gasteiger partial charge >= 0.3 is 0 Å². The van der Waals surface area contributed by atoms with E-state index in [9.17, 15) is 5.21 Å². The third-order valence-electron chi connectivity index (χ3n) is 2.96. The minimum Gasteiger partial charge on any atom is -0.285 e. The molecule has 0 amide bonds. The molecule has 16 heavy (non-hydrogen) atoms. The standard InChI is InChI=1S/C12H14N3O/c16-15-8-1-3-11(12(15)10-4-5-10)9-14-7-2-6-13-14/h1-3,6-8,10,16H,4-5,9H2/q+1. The Bertz CT molecular complexity index is 489. The summed E-state index contributed by atoms with van der Waals surface area (Å²) in [5, 5.41) is 14.0. The maximum atomic E-state index is 9.82. The van der Waals surface area contributed by atoms with Crippen LogP contribution in [0.3, 0.4) is 0 Å². The molecule has 2 heterocycles. The molecule has 0 aliphatic heterocycles. The van der Waals surface area contributed by atoms with Crippen molar-refractivity contribution in [2.45, 2.75) is 25.3 Å². The summed E-state index contributed by atoms with van der Waals surface area (Å²) < 4.78 is 3.14. The minimum absolute atomic E-state index is 0.525. The first kappa shape index (κ1) is 9.39. The third-order valence-corrected chi connectivity index (χ3v) is 2.96. The lowest BCUT2D eigenvalue weighted by Crippen LogP contribution is -2.36. The fourth-order valence-electron chi connectivity index (χ4n) is 2.06. The number of hydrogen-bond acceptors (Lipinski definition) is 2. The van der Waals surface area contributed by atoms with Gasteiger partial charge in [0.15, 0.2) is 0 Å². The van der Waals surface area contributed by atoms with Gasteiger partial charge in [-0.3, -0.25) is 9.89 Å². The molecular weight excluding hydrogens is 202 g/mol. The van der Waals surface area contributed by atoms with Gasteiger partial charge < -0.3 is 0 Å². The Morgan fingerprint density at radius 2 is 2.31 bits per heavy atom. The Morgan fingerprint density at radius 3 is 3.00 bits per heavy atom. The van der Waals surface area contributed by atoms with Crippen LogP contribution >= 0.6 is 0 Å². The van der Waals surface area contributed by atoms with Crippen molar-refractivity contribution in [1.29, 1.82) is 0 Å². The topological polar surface area (TPSA) is 41.9 Å². The van der Waals surface area contributed by atoms with Crippen molar-refractivity contribution in [3.63, 3.8) is 0 Å². The first-order valence-corrected chi connectivity index (χ1v) is 5.55. The largest absolute Gasteiger partial charge is 0.285 e. The zero-order valence-corrected chi connectivity index (χ0v) is 8.95. The number of aromatic nitrogens is 3. The van der Waals surface area contributed by atoms with Crippen LogP contribution in [0.1, 0.15) is 30.0 Å². The van der Waals surface area contributed by atoms with Gasteiger partial charge in [0.05, 0.1) is 6.54 Å². The van der Waals surface area contributed by atoms with Crippen LogP contribution in [0.15, 0.2) is 36.8 Å². The summed E-state index contributed by atoms with van der Waals surface area (Å²) in [6.45, 7) is 0.722. The molecule has 0 saturated heterocycles. The van der Waals surface area contributed by atoms with E-state index in [0.29, 0.717) is 5.92 Å². The monoisotopic (exact) mass is 216 g/mol. The summed E-state index contributed by atoms with van der Waals surface area (Å²) in [4.78, 5) is 0. The minimum atomic E-state index is 0.525. The molecule has 0 aromatic carbocycles. The average Bonchev–Trinajstić information content (AvgIpc) is 2.97. The predicted octanol–water partition coefficient (Wildman–Crippen LogP) is 1.33. The van der Waals surface area contributed by atoms with Crippen molar-refractivity contribution in [1.82, 2.24) is 9.78 Å². The third kappa shape index (κ3) is 1.66. The van der Waals surface area contributed by atoms with Crippen molar-refractivity contribution in [3.05, 3.63) is 48.0 Å². The van der Waals surface area contributed by atoms with Gasteiger partial charge in [-0.05, 0) is 25.0 Å². The average molecular weight is 216 g/mol. The summed E-state index contributed by atoms with van der Waals surface area (Å²) in [5.41, 5.74) is 2.19. The van der Waals surface area contributed by atoms with Crippen LogP contribution in [0.4, 0.5) is 0 Å². The fourth-order valence-corrected chi connectivity index (χ4v) is 2.06. The van der Waals surface area contributed by atoms with Crippen molar-refractivity contribution in [3.8, 4) is 0 Å². The van der Waals surface area contributed by atoms with Crippen LogP contribution in [0.25, 0.3) is 0 Å². The predicted molar refractivity (Wildman–Crippen MR) is 57.1 cm³/mol. The van der Waals surface area contributed by atoms with Crippen molar-refractivity contribution in [2.75, 3.05) is 0 Å².